The van der Waals surface area contributed by atoms with Gasteiger partial charge < -0.3 is 16.2 Å². The summed E-state index contributed by atoms with van der Waals surface area (Å²) >= 11 is 0. The van der Waals surface area contributed by atoms with Crippen LogP contribution in [-0.4, -0.2) is 23.5 Å². The summed E-state index contributed by atoms with van der Waals surface area (Å²) in [5.74, 6) is 0.563. The molecule has 92 valence electrons. The number of carbonyl (C=O) groups excluding carboxylic acids is 1. The molecule has 1 aromatic heterocycles. The fourth-order valence-electron chi connectivity index (χ4n) is 1.97. The van der Waals surface area contributed by atoms with Crippen LogP contribution in [0, 0.1) is 12.8 Å². The summed E-state index contributed by atoms with van der Waals surface area (Å²) in [7, 11) is 0. The highest BCUT2D eigenvalue weighted by Gasteiger charge is 2.30. The molecule has 0 aliphatic heterocycles. The monoisotopic (exact) mass is 235 g/mol. The van der Waals surface area contributed by atoms with Gasteiger partial charge in [0.05, 0.1) is 0 Å². The van der Waals surface area contributed by atoms with Crippen LogP contribution in [0.25, 0.3) is 0 Å². The van der Waals surface area contributed by atoms with Crippen LogP contribution in [0.5, 0.6) is 5.88 Å². The molecule has 1 aromatic rings. The average molecular weight is 235 g/mol. The summed E-state index contributed by atoms with van der Waals surface area (Å²) in [5.41, 5.74) is 11.9. The lowest BCUT2D eigenvalue weighted by Crippen LogP contribution is -2.38. The molecule has 5 heteroatoms. The number of ether oxygens (including phenoxy) is 1. The first-order valence-electron chi connectivity index (χ1n) is 5.73. The van der Waals surface area contributed by atoms with Gasteiger partial charge in [0.1, 0.15) is 6.10 Å². The van der Waals surface area contributed by atoms with Crippen molar-refractivity contribution >= 4 is 5.91 Å². The van der Waals surface area contributed by atoms with Crippen molar-refractivity contribution in [1.82, 2.24) is 4.98 Å². The molecule has 1 heterocycles. The first-order valence-corrected chi connectivity index (χ1v) is 5.73. The summed E-state index contributed by atoms with van der Waals surface area (Å²) in [5, 5.41) is 0. The third-order valence-corrected chi connectivity index (χ3v) is 3.03. The van der Waals surface area contributed by atoms with Crippen molar-refractivity contribution in [2.24, 2.45) is 17.4 Å². The van der Waals surface area contributed by atoms with E-state index in [1.54, 1.807) is 12.1 Å². The largest absolute Gasteiger partial charge is 0.474 e. The van der Waals surface area contributed by atoms with Crippen LogP contribution in [0.4, 0.5) is 0 Å². The number of hydrogen-bond donors (Lipinski definition) is 2. The quantitative estimate of drug-likeness (QED) is 0.799. The van der Waals surface area contributed by atoms with E-state index in [-0.39, 0.29) is 6.10 Å². The van der Waals surface area contributed by atoms with Crippen molar-refractivity contribution in [3.05, 3.63) is 23.4 Å². The highest BCUT2D eigenvalue weighted by atomic mass is 16.5. The van der Waals surface area contributed by atoms with E-state index in [0.29, 0.717) is 23.9 Å². The van der Waals surface area contributed by atoms with Crippen molar-refractivity contribution in [3.63, 3.8) is 0 Å². The minimum Gasteiger partial charge on any atom is -0.474 e. The Morgan fingerprint density at radius 1 is 1.53 bits per heavy atom. The lowest BCUT2D eigenvalue weighted by atomic mass is 9.82. The zero-order valence-electron chi connectivity index (χ0n) is 9.85. The normalized spacial score (nSPS) is 22.9. The fraction of sp³-hybridized carbons (Fsp3) is 0.500. The number of primary amides is 1. The van der Waals surface area contributed by atoms with Gasteiger partial charge in [-0.2, -0.15) is 0 Å². The highest BCUT2D eigenvalue weighted by molar-refractivity contribution is 5.93. The van der Waals surface area contributed by atoms with E-state index in [0.717, 1.165) is 18.5 Å². The van der Waals surface area contributed by atoms with Crippen LogP contribution in [0.3, 0.4) is 0 Å². The van der Waals surface area contributed by atoms with Crippen LogP contribution < -0.4 is 16.2 Å². The molecule has 1 fully saturated rings. The zero-order chi connectivity index (χ0) is 12.4. The molecule has 1 aliphatic carbocycles. The van der Waals surface area contributed by atoms with E-state index >= 15 is 0 Å². The smallest absolute Gasteiger partial charge is 0.248 e. The Morgan fingerprint density at radius 2 is 2.24 bits per heavy atom. The number of rotatable bonds is 4. The maximum absolute atomic E-state index is 11.1. The molecule has 5 nitrogen and oxygen atoms in total. The maximum Gasteiger partial charge on any atom is 0.248 e. The predicted molar refractivity (Wildman–Crippen MR) is 63.7 cm³/mol. The zero-order valence-corrected chi connectivity index (χ0v) is 9.85. The van der Waals surface area contributed by atoms with Gasteiger partial charge in [0.25, 0.3) is 0 Å². The molecule has 17 heavy (non-hydrogen) atoms. The number of carbonyl (C=O) groups is 1. The second-order valence-electron chi connectivity index (χ2n) is 4.51. The molecular formula is C12H17N3O2. The van der Waals surface area contributed by atoms with Gasteiger partial charge in [-0.05, 0) is 38.3 Å². The predicted octanol–water partition coefficient (Wildman–Crippen LogP) is 0.605. The van der Waals surface area contributed by atoms with Crippen molar-refractivity contribution in [2.45, 2.75) is 25.9 Å². The molecule has 0 spiro atoms. The molecule has 1 saturated carbocycles. The van der Waals surface area contributed by atoms with Crippen molar-refractivity contribution in [3.8, 4) is 5.88 Å². The Kier molecular flexibility index (Phi) is 3.28. The number of aryl methyl sites for hydroxylation is 1. The Labute approximate surface area is 100 Å². The van der Waals surface area contributed by atoms with E-state index in [1.807, 2.05) is 6.92 Å². The molecule has 4 N–H and O–H groups in total. The Morgan fingerprint density at radius 3 is 2.82 bits per heavy atom. The van der Waals surface area contributed by atoms with Gasteiger partial charge in [-0.15, -0.1) is 0 Å². The Balaban J connectivity index is 2.04. The summed E-state index contributed by atoms with van der Waals surface area (Å²) < 4.78 is 5.68. The van der Waals surface area contributed by atoms with Crippen LogP contribution >= 0.6 is 0 Å². The molecule has 0 aromatic carbocycles. The SMILES string of the molecule is Cc1cc(C(N)=O)cc(OC2CC(CN)C2)n1. The minimum absolute atomic E-state index is 0.165. The molecule has 0 unspecified atom stereocenters. The Bertz CT molecular complexity index is 428. The molecule has 0 saturated heterocycles. The topological polar surface area (TPSA) is 91.2 Å². The Hall–Kier alpha value is -1.62. The molecule has 0 radical (unpaired) electrons. The van der Waals surface area contributed by atoms with Gasteiger partial charge in [-0.25, -0.2) is 4.98 Å². The lowest BCUT2D eigenvalue weighted by molar-refractivity contribution is 0.0645. The van der Waals surface area contributed by atoms with Crippen LogP contribution in [0.15, 0.2) is 12.1 Å². The first kappa shape index (κ1) is 11.9. The second-order valence-corrected chi connectivity index (χ2v) is 4.51. The highest BCUT2D eigenvalue weighted by Crippen LogP contribution is 2.30. The third kappa shape index (κ3) is 2.74. The maximum atomic E-state index is 11.1. The van der Waals surface area contributed by atoms with E-state index in [4.69, 9.17) is 16.2 Å². The van der Waals surface area contributed by atoms with Gasteiger partial charge >= 0.3 is 0 Å². The van der Waals surface area contributed by atoms with Crippen LogP contribution in [0.1, 0.15) is 28.9 Å². The van der Waals surface area contributed by atoms with E-state index in [9.17, 15) is 4.79 Å². The number of nitrogens with two attached hydrogens (primary N) is 2. The van der Waals surface area contributed by atoms with Gasteiger partial charge in [0.2, 0.25) is 11.8 Å². The molecule has 2 rings (SSSR count). The van der Waals surface area contributed by atoms with Crippen molar-refractivity contribution in [1.29, 1.82) is 0 Å². The summed E-state index contributed by atoms with van der Waals surface area (Å²) in [4.78, 5) is 15.3. The average Bonchev–Trinajstić information content (AvgIpc) is 2.21. The number of pyridine rings is 1. The van der Waals surface area contributed by atoms with Crippen LogP contribution in [0.2, 0.25) is 0 Å². The summed E-state index contributed by atoms with van der Waals surface area (Å²) in [6.07, 6.45) is 2.08. The van der Waals surface area contributed by atoms with Gasteiger partial charge in [-0.3, -0.25) is 4.79 Å². The van der Waals surface area contributed by atoms with E-state index < -0.39 is 5.91 Å². The number of amides is 1. The second kappa shape index (κ2) is 4.71. The van der Waals surface area contributed by atoms with Crippen molar-refractivity contribution < 1.29 is 9.53 Å². The van der Waals surface area contributed by atoms with Crippen molar-refractivity contribution in [2.75, 3.05) is 6.54 Å². The number of nitrogens with zero attached hydrogens (tertiary/aromatic N) is 1. The number of hydrogen-bond acceptors (Lipinski definition) is 4. The van der Waals surface area contributed by atoms with Gasteiger partial charge in [-0.1, -0.05) is 0 Å². The van der Waals surface area contributed by atoms with E-state index in [1.165, 1.54) is 0 Å². The number of aromatic nitrogens is 1. The summed E-state index contributed by atoms with van der Waals surface area (Å²) in [6.45, 7) is 2.51. The van der Waals surface area contributed by atoms with Crippen LogP contribution in [-0.2, 0) is 0 Å². The van der Waals surface area contributed by atoms with E-state index in [2.05, 4.69) is 4.98 Å². The lowest BCUT2D eigenvalue weighted by Gasteiger charge is -2.34. The van der Waals surface area contributed by atoms with Gasteiger partial charge in [0, 0.05) is 17.3 Å². The molecule has 1 aliphatic rings. The summed E-state index contributed by atoms with van der Waals surface area (Å²) in [6, 6.07) is 3.24. The molecular weight excluding hydrogens is 218 g/mol. The fourth-order valence-corrected chi connectivity index (χ4v) is 1.97. The standard InChI is InChI=1S/C12H17N3O2/c1-7-2-9(12(14)16)5-11(15-7)17-10-3-8(4-10)6-13/h2,5,8,10H,3-4,6,13H2,1H3,(H2,14,16). The third-order valence-electron chi connectivity index (χ3n) is 3.03. The minimum atomic E-state index is -0.464. The van der Waals surface area contributed by atoms with Gasteiger partial charge in [0.15, 0.2) is 0 Å². The molecule has 0 atom stereocenters. The molecule has 1 amide bonds. The molecule has 0 bridgehead atoms. The first-order chi connectivity index (χ1) is 8.08.